The lowest BCUT2D eigenvalue weighted by atomic mass is 9.88. The van der Waals surface area contributed by atoms with E-state index in [-0.39, 0.29) is 0 Å². The molecular formula is C17H18O5. The fourth-order valence-corrected chi connectivity index (χ4v) is 1.82. The van der Waals surface area contributed by atoms with Crippen LogP contribution < -0.4 is 0 Å². The summed E-state index contributed by atoms with van der Waals surface area (Å²) in [6.07, 6.45) is -0.806. The molecule has 22 heavy (non-hydrogen) atoms. The molecule has 2 aromatic rings. The zero-order valence-corrected chi connectivity index (χ0v) is 12.1. The van der Waals surface area contributed by atoms with Crippen LogP contribution in [-0.4, -0.2) is 27.3 Å². The lowest BCUT2D eigenvalue weighted by molar-refractivity contribution is -0.147. The van der Waals surface area contributed by atoms with Gasteiger partial charge in [0, 0.05) is 0 Å². The topological polar surface area (TPSA) is 94.8 Å². The average molecular weight is 302 g/mol. The molecule has 0 spiro atoms. The van der Waals surface area contributed by atoms with Crippen molar-refractivity contribution in [2.75, 3.05) is 0 Å². The van der Waals surface area contributed by atoms with Gasteiger partial charge in [0.1, 0.15) is 12.0 Å². The smallest absolute Gasteiger partial charge is 0.314 e. The first-order chi connectivity index (χ1) is 10.3. The Kier molecular flexibility index (Phi) is 6.28. The minimum atomic E-state index is -1.31. The highest BCUT2D eigenvalue weighted by Gasteiger charge is 2.24. The van der Waals surface area contributed by atoms with Gasteiger partial charge in [0.05, 0.1) is 0 Å². The van der Waals surface area contributed by atoms with Gasteiger partial charge >= 0.3 is 11.9 Å². The molecule has 0 atom stereocenters. The Balaban J connectivity index is 0.000000295. The predicted molar refractivity (Wildman–Crippen MR) is 81.4 cm³/mol. The molecule has 0 saturated heterocycles. The SMILES string of the molecule is CC(O)(c1ccccc1)c1ccccc1.O=C(O)CC(=O)O. The van der Waals surface area contributed by atoms with E-state index in [1.807, 2.05) is 67.6 Å². The van der Waals surface area contributed by atoms with E-state index in [9.17, 15) is 14.7 Å². The Morgan fingerprint density at radius 1 is 0.818 bits per heavy atom. The van der Waals surface area contributed by atoms with E-state index in [1.165, 1.54) is 0 Å². The minimum Gasteiger partial charge on any atom is -0.481 e. The van der Waals surface area contributed by atoms with E-state index in [0.717, 1.165) is 11.1 Å². The van der Waals surface area contributed by atoms with Crippen molar-refractivity contribution >= 4 is 11.9 Å². The van der Waals surface area contributed by atoms with Crippen LogP contribution in [0.2, 0.25) is 0 Å². The van der Waals surface area contributed by atoms with Crippen LogP contribution in [0.15, 0.2) is 60.7 Å². The number of rotatable bonds is 4. The maximum atomic E-state index is 10.5. The largest absolute Gasteiger partial charge is 0.481 e. The highest BCUT2D eigenvalue weighted by molar-refractivity contribution is 5.88. The number of aliphatic hydroxyl groups is 1. The van der Waals surface area contributed by atoms with Crippen molar-refractivity contribution < 1.29 is 24.9 Å². The molecule has 0 fully saturated rings. The van der Waals surface area contributed by atoms with E-state index in [4.69, 9.17) is 10.2 Å². The van der Waals surface area contributed by atoms with Crippen LogP contribution in [0.4, 0.5) is 0 Å². The summed E-state index contributed by atoms with van der Waals surface area (Å²) in [6, 6.07) is 19.4. The van der Waals surface area contributed by atoms with Crippen LogP contribution in [-0.2, 0) is 15.2 Å². The summed E-state index contributed by atoms with van der Waals surface area (Å²) < 4.78 is 0. The third kappa shape index (κ3) is 5.38. The number of hydrogen-bond acceptors (Lipinski definition) is 3. The summed E-state index contributed by atoms with van der Waals surface area (Å²) >= 11 is 0. The molecule has 0 amide bonds. The number of carboxylic acid groups (broad SMARTS) is 2. The van der Waals surface area contributed by atoms with Crippen molar-refractivity contribution in [2.45, 2.75) is 18.9 Å². The summed E-state index contributed by atoms with van der Waals surface area (Å²) in [7, 11) is 0. The van der Waals surface area contributed by atoms with Crippen LogP contribution in [0.25, 0.3) is 0 Å². The minimum absolute atomic E-state index is 0.806. The second-order valence-corrected chi connectivity index (χ2v) is 4.77. The van der Waals surface area contributed by atoms with Crippen LogP contribution in [0.1, 0.15) is 24.5 Å². The lowest BCUT2D eigenvalue weighted by Crippen LogP contribution is -2.22. The molecule has 5 heteroatoms. The number of aliphatic carboxylic acids is 2. The van der Waals surface area contributed by atoms with Crippen LogP contribution in [0.5, 0.6) is 0 Å². The summed E-state index contributed by atoms with van der Waals surface area (Å²) in [5.41, 5.74) is 0.912. The third-order valence-electron chi connectivity index (χ3n) is 2.97. The molecule has 2 aromatic carbocycles. The van der Waals surface area contributed by atoms with E-state index >= 15 is 0 Å². The maximum absolute atomic E-state index is 10.5. The van der Waals surface area contributed by atoms with Crippen molar-refractivity contribution in [3.05, 3.63) is 71.8 Å². The zero-order chi connectivity index (χ0) is 16.6. The van der Waals surface area contributed by atoms with Gasteiger partial charge in [0.15, 0.2) is 0 Å². The number of carboxylic acids is 2. The monoisotopic (exact) mass is 302 g/mol. The molecule has 0 radical (unpaired) electrons. The van der Waals surface area contributed by atoms with Gasteiger partial charge in [-0.1, -0.05) is 60.7 Å². The summed E-state index contributed by atoms with van der Waals surface area (Å²) in [5, 5.41) is 25.9. The fourth-order valence-electron chi connectivity index (χ4n) is 1.82. The average Bonchev–Trinajstić information content (AvgIpc) is 2.48. The van der Waals surface area contributed by atoms with Crippen molar-refractivity contribution in [1.29, 1.82) is 0 Å². The Hall–Kier alpha value is -2.66. The van der Waals surface area contributed by atoms with E-state index in [1.54, 1.807) is 0 Å². The Morgan fingerprint density at radius 3 is 1.36 bits per heavy atom. The third-order valence-corrected chi connectivity index (χ3v) is 2.97. The van der Waals surface area contributed by atoms with Gasteiger partial charge in [-0.2, -0.15) is 0 Å². The molecule has 0 aliphatic rings. The maximum Gasteiger partial charge on any atom is 0.314 e. The molecule has 0 unspecified atom stereocenters. The molecule has 0 heterocycles. The van der Waals surface area contributed by atoms with Gasteiger partial charge in [-0.15, -0.1) is 0 Å². The van der Waals surface area contributed by atoms with Gasteiger partial charge in [0.25, 0.3) is 0 Å². The molecule has 2 rings (SSSR count). The molecule has 0 bridgehead atoms. The van der Waals surface area contributed by atoms with Crippen molar-refractivity contribution in [1.82, 2.24) is 0 Å². The first-order valence-electron chi connectivity index (χ1n) is 6.61. The number of carbonyl (C=O) groups is 2. The number of benzene rings is 2. The standard InChI is InChI=1S/C14H14O.C3H4O4/c1-14(15,12-8-4-2-5-9-12)13-10-6-3-7-11-13;4-2(5)1-3(6)7/h2-11,15H,1H3;1H2,(H,4,5)(H,6,7). The molecular weight excluding hydrogens is 284 g/mol. The van der Waals surface area contributed by atoms with Gasteiger partial charge in [-0.3, -0.25) is 9.59 Å². The predicted octanol–water partition coefficient (Wildman–Crippen LogP) is 2.49. The second-order valence-electron chi connectivity index (χ2n) is 4.77. The molecule has 116 valence electrons. The molecule has 0 aromatic heterocycles. The number of hydrogen-bond donors (Lipinski definition) is 3. The highest BCUT2D eigenvalue weighted by Crippen LogP contribution is 2.28. The van der Waals surface area contributed by atoms with E-state index in [2.05, 4.69) is 0 Å². The summed E-state index contributed by atoms with van der Waals surface area (Å²) in [5.74, 6) is -2.62. The normalized spacial score (nSPS) is 10.3. The van der Waals surface area contributed by atoms with Gasteiger partial charge in [-0.25, -0.2) is 0 Å². The van der Waals surface area contributed by atoms with Crippen molar-refractivity contribution in [3.63, 3.8) is 0 Å². The van der Waals surface area contributed by atoms with E-state index in [0.29, 0.717) is 0 Å². The first-order valence-corrected chi connectivity index (χ1v) is 6.61. The van der Waals surface area contributed by atoms with E-state index < -0.39 is 24.0 Å². The molecule has 0 aliphatic heterocycles. The quantitative estimate of drug-likeness (QED) is 0.754. The Labute approximate surface area is 128 Å². The van der Waals surface area contributed by atoms with Crippen LogP contribution >= 0.6 is 0 Å². The summed E-state index contributed by atoms with van der Waals surface area (Å²) in [6.45, 7) is 1.82. The fraction of sp³-hybridized carbons (Fsp3) is 0.176. The highest BCUT2D eigenvalue weighted by atomic mass is 16.4. The Bertz CT molecular complexity index is 552. The summed E-state index contributed by atoms with van der Waals surface area (Å²) in [4.78, 5) is 18.9. The van der Waals surface area contributed by atoms with Gasteiger partial charge < -0.3 is 15.3 Å². The zero-order valence-electron chi connectivity index (χ0n) is 12.1. The molecule has 0 aliphatic carbocycles. The van der Waals surface area contributed by atoms with Crippen molar-refractivity contribution in [2.24, 2.45) is 0 Å². The Morgan fingerprint density at radius 2 is 1.14 bits per heavy atom. The lowest BCUT2D eigenvalue weighted by Gasteiger charge is -2.24. The van der Waals surface area contributed by atoms with Crippen molar-refractivity contribution in [3.8, 4) is 0 Å². The van der Waals surface area contributed by atoms with Gasteiger partial charge in [-0.05, 0) is 18.1 Å². The second kappa shape index (κ2) is 7.95. The van der Waals surface area contributed by atoms with Gasteiger partial charge in [0.2, 0.25) is 0 Å². The molecule has 5 nitrogen and oxygen atoms in total. The van der Waals surface area contributed by atoms with Crippen LogP contribution in [0, 0.1) is 0 Å². The van der Waals surface area contributed by atoms with Crippen LogP contribution in [0.3, 0.4) is 0 Å². The first kappa shape index (κ1) is 17.4. The molecule has 0 saturated carbocycles. The molecule has 3 N–H and O–H groups in total.